The highest BCUT2D eigenvalue weighted by atomic mass is 19.1. The molecular formula is C11H10FN3O. The van der Waals surface area contributed by atoms with Gasteiger partial charge in [0.2, 0.25) is 0 Å². The average Bonchev–Trinajstić information content (AvgIpc) is 2.31. The molecule has 1 heterocycles. The molecule has 1 aromatic carbocycles. The number of hydrogen-bond donors (Lipinski definition) is 1. The number of nitrogens with two attached hydrogens (primary N) is 1. The third kappa shape index (κ3) is 1.79. The number of benzene rings is 1. The van der Waals surface area contributed by atoms with Crippen LogP contribution in [0.25, 0.3) is 11.3 Å². The van der Waals surface area contributed by atoms with E-state index in [4.69, 9.17) is 10.5 Å². The van der Waals surface area contributed by atoms with Crippen LogP contribution in [0.3, 0.4) is 0 Å². The standard InChI is InChI=1S/C11H10FN3O/c1-16-11-10(13)14-6-9(15-11)7-4-2-3-5-8(7)12/h2-6H,1H3,(H2,13,14). The van der Waals surface area contributed by atoms with Crippen molar-refractivity contribution < 1.29 is 9.13 Å². The highest BCUT2D eigenvalue weighted by Crippen LogP contribution is 2.24. The van der Waals surface area contributed by atoms with Gasteiger partial charge in [-0.25, -0.2) is 14.4 Å². The van der Waals surface area contributed by atoms with E-state index < -0.39 is 0 Å². The van der Waals surface area contributed by atoms with Gasteiger partial charge in [0.15, 0.2) is 5.82 Å². The van der Waals surface area contributed by atoms with Crippen molar-refractivity contribution in [3.8, 4) is 17.1 Å². The molecule has 1 aromatic heterocycles. The first-order valence-corrected chi connectivity index (χ1v) is 4.64. The second-order valence-corrected chi connectivity index (χ2v) is 3.13. The topological polar surface area (TPSA) is 61.0 Å². The maximum Gasteiger partial charge on any atom is 0.257 e. The van der Waals surface area contributed by atoms with Gasteiger partial charge in [-0.2, -0.15) is 0 Å². The molecule has 2 rings (SSSR count). The van der Waals surface area contributed by atoms with Crippen LogP contribution in [-0.2, 0) is 0 Å². The largest absolute Gasteiger partial charge is 0.478 e. The van der Waals surface area contributed by atoms with E-state index >= 15 is 0 Å². The molecule has 5 heteroatoms. The molecule has 0 aliphatic rings. The summed E-state index contributed by atoms with van der Waals surface area (Å²) in [4.78, 5) is 7.96. The van der Waals surface area contributed by atoms with E-state index in [9.17, 15) is 4.39 Å². The van der Waals surface area contributed by atoms with Crippen LogP contribution in [0.4, 0.5) is 10.2 Å². The summed E-state index contributed by atoms with van der Waals surface area (Å²) in [7, 11) is 1.44. The Morgan fingerprint density at radius 3 is 2.75 bits per heavy atom. The van der Waals surface area contributed by atoms with E-state index in [1.54, 1.807) is 18.2 Å². The van der Waals surface area contributed by atoms with Gasteiger partial charge in [0.1, 0.15) is 5.82 Å². The van der Waals surface area contributed by atoms with Crippen molar-refractivity contribution in [3.63, 3.8) is 0 Å². The average molecular weight is 219 g/mol. The molecule has 82 valence electrons. The highest BCUT2D eigenvalue weighted by molar-refractivity contribution is 5.61. The molecule has 0 aliphatic carbocycles. The molecule has 2 aromatic rings. The van der Waals surface area contributed by atoms with Crippen molar-refractivity contribution in [2.24, 2.45) is 0 Å². The number of aromatic nitrogens is 2. The number of rotatable bonds is 2. The minimum atomic E-state index is -0.358. The minimum absolute atomic E-state index is 0.183. The van der Waals surface area contributed by atoms with Gasteiger partial charge in [-0.1, -0.05) is 12.1 Å². The molecule has 0 atom stereocenters. The number of anilines is 1. The van der Waals surface area contributed by atoms with Crippen LogP contribution in [0.5, 0.6) is 5.88 Å². The summed E-state index contributed by atoms with van der Waals surface area (Å²) in [6.45, 7) is 0. The van der Waals surface area contributed by atoms with Gasteiger partial charge in [-0.3, -0.25) is 0 Å². The summed E-state index contributed by atoms with van der Waals surface area (Å²) in [5.74, 6) is 0.0203. The van der Waals surface area contributed by atoms with E-state index in [1.807, 2.05) is 0 Å². The Bertz CT molecular complexity index is 516. The van der Waals surface area contributed by atoms with Crippen molar-refractivity contribution in [2.75, 3.05) is 12.8 Å². The number of methoxy groups -OCH3 is 1. The van der Waals surface area contributed by atoms with Crippen molar-refractivity contribution in [2.45, 2.75) is 0 Å². The second kappa shape index (κ2) is 4.14. The molecule has 0 unspecified atom stereocenters. The molecule has 0 saturated heterocycles. The summed E-state index contributed by atoms with van der Waals surface area (Å²) in [5, 5.41) is 0. The molecule has 2 N–H and O–H groups in total. The molecular weight excluding hydrogens is 209 g/mol. The SMILES string of the molecule is COc1nc(-c2ccccc2F)cnc1N. The fraction of sp³-hybridized carbons (Fsp3) is 0.0909. The lowest BCUT2D eigenvalue weighted by Gasteiger charge is -2.05. The normalized spacial score (nSPS) is 10.1. The van der Waals surface area contributed by atoms with E-state index in [-0.39, 0.29) is 17.5 Å². The van der Waals surface area contributed by atoms with Crippen LogP contribution in [0.15, 0.2) is 30.5 Å². The summed E-state index contributed by atoms with van der Waals surface area (Å²) in [6.07, 6.45) is 1.41. The van der Waals surface area contributed by atoms with E-state index in [0.29, 0.717) is 11.3 Å². The third-order valence-electron chi connectivity index (χ3n) is 2.11. The molecule has 16 heavy (non-hydrogen) atoms. The summed E-state index contributed by atoms with van der Waals surface area (Å²) < 4.78 is 18.4. The van der Waals surface area contributed by atoms with E-state index in [0.717, 1.165) is 0 Å². The van der Waals surface area contributed by atoms with Gasteiger partial charge in [0.05, 0.1) is 19.0 Å². The predicted octanol–water partition coefficient (Wildman–Crippen LogP) is 1.87. The second-order valence-electron chi connectivity index (χ2n) is 3.13. The maximum atomic E-state index is 13.5. The number of halogens is 1. The monoisotopic (exact) mass is 219 g/mol. The first kappa shape index (κ1) is 10.4. The van der Waals surface area contributed by atoms with Crippen LogP contribution in [0.2, 0.25) is 0 Å². The lowest BCUT2D eigenvalue weighted by molar-refractivity contribution is 0.399. The quantitative estimate of drug-likeness (QED) is 0.837. The number of nitrogen functional groups attached to an aromatic ring is 1. The first-order chi connectivity index (χ1) is 7.72. The Balaban J connectivity index is 2.53. The zero-order valence-electron chi connectivity index (χ0n) is 8.64. The lowest BCUT2D eigenvalue weighted by atomic mass is 10.1. The van der Waals surface area contributed by atoms with Crippen molar-refractivity contribution in [3.05, 3.63) is 36.3 Å². The maximum absolute atomic E-state index is 13.5. The molecule has 0 radical (unpaired) electrons. The molecule has 0 amide bonds. The smallest absolute Gasteiger partial charge is 0.257 e. The third-order valence-corrected chi connectivity index (χ3v) is 2.11. The number of ether oxygens (including phenoxy) is 1. The molecule has 0 fully saturated rings. The van der Waals surface area contributed by atoms with Gasteiger partial charge >= 0.3 is 0 Å². The first-order valence-electron chi connectivity index (χ1n) is 4.64. The van der Waals surface area contributed by atoms with Crippen LogP contribution >= 0.6 is 0 Å². The Labute approximate surface area is 91.9 Å². The summed E-state index contributed by atoms with van der Waals surface area (Å²) in [5.41, 5.74) is 6.29. The van der Waals surface area contributed by atoms with Crippen molar-refractivity contribution in [1.29, 1.82) is 0 Å². The van der Waals surface area contributed by atoms with Crippen LogP contribution in [0, 0.1) is 5.82 Å². The Kier molecular flexibility index (Phi) is 2.68. The van der Waals surface area contributed by atoms with Gasteiger partial charge in [-0.15, -0.1) is 0 Å². The zero-order chi connectivity index (χ0) is 11.5. The van der Waals surface area contributed by atoms with E-state index in [1.165, 1.54) is 19.4 Å². The fourth-order valence-electron chi connectivity index (χ4n) is 1.33. The molecule has 0 spiro atoms. The molecule has 0 bridgehead atoms. The van der Waals surface area contributed by atoms with Gasteiger partial charge in [0, 0.05) is 5.56 Å². The predicted molar refractivity (Wildman–Crippen MR) is 58.4 cm³/mol. The van der Waals surface area contributed by atoms with Gasteiger partial charge in [0.25, 0.3) is 5.88 Å². The summed E-state index contributed by atoms with van der Waals surface area (Å²) >= 11 is 0. The lowest BCUT2D eigenvalue weighted by Crippen LogP contribution is -2.00. The Morgan fingerprint density at radius 2 is 2.06 bits per heavy atom. The number of hydrogen-bond acceptors (Lipinski definition) is 4. The van der Waals surface area contributed by atoms with Crippen LogP contribution < -0.4 is 10.5 Å². The van der Waals surface area contributed by atoms with Crippen molar-refractivity contribution >= 4 is 5.82 Å². The van der Waals surface area contributed by atoms with Gasteiger partial charge < -0.3 is 10.5 Å². The summed E-state index contributed by atoms with van der Waals surface area (Å²) in [6, 6.07) is 6.32. The molecule has 0 saturated carbocycles. The zero-order valence-corrected chi connectivity index (χ0v) is 8.64. The minimum Gasteiger partial charge on any atom is -0.478 e. The Morgan fingerprint density at radius 1 is 1.31 bits per heavy atom. The Hall–Kier alpha value is -2.17. The van der Waals surface area contributed by atoms with Crippen LogP contribution in [-0.4, -0.2) is 17.1 Å². The van der Waals surface area contributed by atoms with Crippen LogP contribution in [0.1, 0.15) is 0 Å². The molecule has 0 aliphatic heterocycles. The number of nitrogens with zero attached hydrogens (tertiary/aromatic N) is 2. The van der Waals surface area contributed by atoms with E-state index in [2.05, 4.69) is 9.97 Å². The fourth-order valence-corrected chi connectivity index (χ4v) is 1.33. The van der Waals surface area contributed by atoms with Crippen molar-refractivity contribution in [1.82, 2.24) is 9.97 Å². The molecule has 4 nitrogen and oxygen atoms in total. The van der Waals surface area contributed by atoms with Gasteiger partial charge in [-0.05, 0) is 12.1 Å². The highest BCUT2D eigenvalue weighted by Gasteiger charge is 2.09.